The Morgan fingerprint density at radius 3 is 2.30 bits per heavy atom. The third-order valence-electron chi connectivity index (χ3n) is 3.57. The highest BCUT2D eigenvalue weighted by atomic mass is 19.4. The fourth-order valence-corrected chi connectivity index (χ4v) is 2.46. The van der Waals surface area contributed by atoms with Crippen molar-refractivity contribution in [3.8, 4) is 6.07 Å². The second-order valence-electron chi connectivity index (χ2n) is 5.59. The highest BCUT2D eigenvalue weighted by molar-refractivity contribution is 5.62. The minimum absolute atomic E-state index is 0.221. The number of alkyl halides is 6. The highest BCUT2D eigenvalue weighted by Crippen LogP contribution is 2.39. The zero-order chi connectivity index (χ0) is 20.2. The largest absolute Gasteiger partial charge is 0.407 e. The second kappa shape index (κ2) is 7.58. The van der Waals surface area contributed by atoms with Crippen molar-refractivity contribution in [3.63, 3.8) is 0 Å². The van der Waals surface area contributed by atoms with E-state index >= 15 is 0 Å². The Bertz CT molecular complexity index is 903. The Hall–Kier alpha value is -3.20. The van der Waals surface area contributed by atoms with Crippen molar-refractivity contribution in [2.45, 2.75) is 18.9 Å². The molecule has 140 valence electrons. The third-order valence-corrected chi connectivity index (χ3v) is 3.57. The van der Waals surface area contributed by atoms with Crippen molar-refractivity contribution in [3.05, 3.63) is 70.6 Å². The lowest BCUT2D eigenvalue weighted by Gasteiger charge is -2.27. The van der Waals surface area contributed by atoms with Gasteiger partial charge in [0.05, 0.1) is 23.8 Å². The van der Waals surface area contributed by atoms with Gasteiger partial charge in [0, 0.05) is 12.2 Å². The molecule has 0 aliphatic heterocycles. The molecule has 0 spiro atoms. The van der Waals surface area contributed by atoms with Crippen LogP contribution < -0.4 is 4.90 Å². The van der Waals surface area contributed by atoms with Crippen molar-refractivity contribution in [1.29, 1.82) is 5.26 Å². The lowest BCUT2D eigenvalue weighted by Crippen LogP contribution is -2.34. The SMILES string of the molecule is [C-]#[N+]c1ccc(N(Cc2cccc(C#N)c2)CC(F)(F)F)cc1C(F)(F)F. The summed E-state index contributed by atoms with van der Waals surface area (Å²) in [6.45, 7) is 4.97. The molecular formula is C18H11F6N3. The van der Waals surface area contributed by atoms with Crippen LogP contribution in [0.2, 0.25) is 0 Å². The molecule has 0 amide bonds. The summed E-state index contributed by atoms with van der Waals surface area (Å²) in [6, 6.07) is 10.1. The third kappa shape index (κ3) is 5.38. The Morgan fingerprint density at radius 2 is 1.74 bits per heavy atom. The van der Waals surface area contributed by atoms with Crippen molar-refractivity contribution < 1.29 is 26.3 Å². The number of anilines is 1. The Kier molecular flexibility index (Phi) is 5.65. The van der Waals surface area contributed by atoms with Gasteiger partial charge >= 0.3 is 12.4 Å². The van der Waals surface area contributed by atoms with Crippen LogP contribution in [0.25, 0.3) is 4.85 Å². The van der Waals surface area contributed by atoms with E-state index in [0.717, 1.165) is 17.0 Å². The minimum Gasteiger partial charge on any atom is -0.358 e. The van der Waals surface area contributed by atoms with E-state index in [1.165, 1.54) is 24.3 Å². The van der Waals surface area contributed by atoms with Gasteiger partial charge in [0.15, 0.2) is 5.69 Å². The summed E-state index contributed by atoms with van der Waals surface area (Å²) in [5.41, 5.74) is -1.76. The van der Waals surface area contributed by atoms with Gasteiger partial charge in [-0.1, -0.05) is 18.2 Å². The van der Waals surface area contributed by atoms with Gasteiger partial charge in [0.25, 0.3) is 0 Å². The Labute approximate surface area is 150 Å². The van der Waals surface area contributed by atoms with Crippen molar-refractivity contribution in [2.24, 2.45) is 0 Å². The maximum atomic E-state index is 13.1. The lowest BCUT2D eigenvalue weighted by atomic mass is 10.1. The van der Waals surface area contributed by atoms with Crippen LogP contribution in [0.3, 0.4) is 0 Å². The number of benzene rings is 2. The summed E-state index contributed by atoms with van der Waals surface area (Å²) >= 11 is 0. The van der Waals surface area contributed by atoms with E-state index in [9.17, 15) is 26.3 Å². The topological polar surface area (TPSA) is 31.4 Å². The summed E-state index contributed by atoms with van der Waals surface area (Å²) < 4.78 is 78.2. The number of hydrogen-bond acceptors (Lipinski definition) is 2. The molecule has 0 aromatic heterocycles. The van der Waals surface area contributed by atoms with Crippen molar-refractivity contribution in [1.82, 2.24) is 0 Å². The molecule has 0 fully saturated rings. The number of halogens is 6. The highest BCUT2D eigenvalue weighted by Gasteiger charge is 2.35. The smallest absolute Gasteiger partial charge is 0.358 e. The van der Waals surface area contributed by atoms with Crippen LogP contribution >= 0.6 is 0 Å². The molecule has 0 heterocycles. The van der Waals surface area contributed by atoms with Crippen LogP contribution in [0, 0.1) is 17.9 Å². The average Bonchev–Trinajstić information content (AvgIpc) is 2.59. The molecule has 0 saturated carbocycles. The minimum atomic E-state index is -4.87. The number of hydrogen-bond donors (Lipinski definition) is 0. The summed E-state index contributed by atoms with van der Waals surface area (Å²) in [5, 5.41) is 8.89. The van der Waals surface area contributed by atoms with E-state index in [-0.39, 0.29) is 17.8 Å². The molecular weight excluding hydrogens is 372 g/mol. The Balaban J connectivity index is 2.48. The molecule has 0 aliphatic carbocycles. The number of nitriles is 1. The van der Waals surface area contributed by atoms with E-state index in [1.807, 2.05) is 6.07 Å². The fraction of sp³-hybridized carbons (Fsp3) is 0.222. The van der Waals surface area contributed by atoms with Crippen LogP contribution in [0.5, 0.6) is 0 Å². The first-order valence-corrected chi connectivity index (χ1v) is 7.43. The molecule has 9 heteroatoms. The standard InChI is InChI=1S/C18H11F6N3/c1-26-16-6-5-14(8-15(16)18(22,23)24)27(11-17(19,20)21)10-13-4-2-3-12(7-13)9-25/h2-8H,10-11H2. The van der Waals surface area contributed by atoms with Gasteiger partial charge < -0.3 is 4.90 Å². The molecule has 0 N–H and O–H groups in total. The predicted molar refractivity (Wildman–Crippen MR) is 86.0 cm³/mol. The molecule has 0 unspecified atom stereocenters. The summed E-state index contributed by atoms with van der Waals surface area (Å²) in [6.07, 6.45) is -9.54. The summed E-state index contributed by atoms with van der Waals surface area (Å²) in [5.74, 6) is 0. The van der Waals surface area contributed by atoms with Crippen LogP contribution in [-0.4, -0.2) is 12.7 Å². The average molecular weight is 383 g/mol. The van der Waals surface area contributed by atoms with Crippen molar-refractivity contribution in [2.75, 3.05) is 11.4 Å². The van der Waals surface area contributed by atoms with Crippen LogP contribution in [-0.2, 0) is 12.7 Å². The first-order chi connectivity index (χ1) is 12.5. The first kappa shape index (κ1) is 20.1. The monoisotopic (exact) mass is 383 g/mol. The molecule has 0 bridgehead atoms. The van der Waals surface area contributed by atoms with E-state index in [1.54, 1.807) is 0 Å². The molecule has 0 aliphatic rings. The molecule has 3 nitrogen and oxygen atoms in total. The number of nitrogens with zero attached hydrogens (tertiary/aromatic N) is 3. The maximum Gasteiger partial charge on any atom is 0.407 e. The van der Waals surface area contributed by atoms with E-state index in [2.05, 4.69) is 4.85 Å². The van der Waals surface area contributed by atoms with Crippen LogP contribution in [0.15, 0.2) is 42.5 Å². The fourth-order valence-electron chi connectivity index (χ4n) is 2.46. The summed E-state index contributed by atoms with van der Waals surface area (Å²) in [7, 11) is 0. The van der Waals surface area contributed by atoms with Gasteiger partial charge in [-0.2, -0.15) is 31.6 Å². The summed E-state index contributed by atoms with van der Waals surface area (Å²) in [4.78, 5) is 3.49. The van der Waals surface area contributed by atoms with E-state index < -0.39 is 30.1 Å². The quantitative estimate of drug-likeness (QED) is 0.501. The van der Waals surface area contributed by atoms with Gasteiger partial charge in [-0.05, 0) is 29.8 Å². The molecule has 0 radical (unpaired) electrons. The number of rotatable bonds is 4. The van der Waals surface area contributed by atoms with E-state index in [4.69, 9.17) is 11.8 Å². The van der Waals surface area contributed by atoms with Gasteiger partial charge in [-0.15, -0.1) is 0 Å². The zero-order valence-corrected chi connectivity index (χ0v) is 13.6. The van der Waals surface area contributed by atoms with Gasteiger partial charge in [-0.25, -0.2) is 4.85 Å². The predicted octanol–water partition coefficient (Wildman–Crippen LogP) is 5.70. The maximum absolute atomic E-state index is 13.1. The molecule has 2 aromatic carbocycles. The second-order valence-corrected chi connectivity index (χ2v) is 5.59. The molecule has 27 heavy (non-hydrogen) atoms. The van der Waals surface area contributed by atoms with Crippen LogP contribution in [0.1, 0.15) is 16.7 Å². The van der Waals surface area contributed by atoms with Gasteiger partial charge in [0.1, 0.15) is 6.54 Å². The molecule has 0 saturated heterocycles. The first-order valence-electron chi connectivity index (χ1n) is 7.43. The van der Waals surface area contributed by atoms with Crippen molar-refractivity contribution >= 4 is 11.4 Å². The lowest BCUT2D eigenvalue weighted by molar-refractivity contribution is -0.136. The molecule has 2 aromatic rings. The molecule has 2 rings (SSSR count). The van der Waals surface area contributed by atoms with Gasteiger partial charge in [0.2, 0.25) is 0 Å². The Morgan fingerprint density at radius 1 is 1.04 bits per heavy atom. The zero-order valence-electron chi connectivity index (χ0n) is 13.6. The normalized spacial score (nSPS) is 11.6. The molecule has 0 atom stereocenters. The van der Waals surface area contributed by atoms with Gasteiger partial charge in [-0.3, -0.25) is 0 Å². The van der Waals surface area contributed by atoms with Crippen LogP contribution in [0.4, 0.5) is 37.7 Å². The van der Waals surface area contributed by atoms with E-state index in [0.29, 0.717) is 11.6 Å².